The zero-order valence-corrected chi connectivity index (χ0v) is 12.4. The smallest absolute Gasteiger partial charge is 0.0138 e. The van der Waals surface area contributed by atoms with Gasteiger partial charge in [0.05, 0.1) is 0 Å². The Bertz CT molecular complexity index is 241. The van der Waals surface area contributed by atoms with E-state index in [9.17, 15) is 0 Å². The molecule has 0 aromatic carbocycles. The predicted octanol–water partition coefficient (Wildman–Crippen LogP) is 3.26. The molecule has 1 heterocycles. The molecule has 2 heteroatoms. The fraction of sp³-hybridized carbons (Fsp3) is 1.00. The molecular weight excluding hydrogens is 220 g/mol. The molecule has 18 heavy (non-hydrogen) atoms. The largest absolute Gasteiger partial charge is 0.330 e. The van der Waals surface area contributed by atoms with Gasteiger partial charge < -0.3 is 5.73 Å². The highest BCUT2D eigenvalue weighted by Gasteiger charge is 2.34. The Morgan fingerprint density at radius 1 is 1.22 bits per heavy atom. The van der Waals surface area contributed by atoms with Gasteiger partial charge >= 0.3 is 0 Å². The SMILES string of the molecule is CCCC1CCC(CN)C(N2CCCC(C)C2)C1. The first-order chi connectivity index (χ1) is 8.74. The minimum Gasteiger partial charge on any atom is -0.330 e. The third kappa shape index (κ3) is 3.48. The Balaban J connectivity index is 1.96. The van der Waals surface area contributed by atoms with Gasteiger partial charge in [-0.3, -0.25) is 4.90 Å². The van der Waals surface area contributed by atoms with Gasteiger partial charge in [0.1, 0.15) is 0 Å². The normalized spacial score (nSPS) is 38.8. The topological polar surface area (TPSA) is 29.3 Å². The zero-order chi connectivity index (χ0) is 13.0. The number of nitrogens with two attached hydrogens (primary N) is 1. The van der Waals surface area contributed by atoms with E-state index in [4.69, 9.17) is 5.73 Å². The van der Waals surface area contributed by atoms with Crippen LogP contribution in [0.15, 0.2) is 0 Å². The standard InChI is InChI=1S/C16H32N2/c1-3-5-14-7-8-15(11-17)16(10-14)18-9-4-6-13(2)12-18/h13-16H,3-12,17H2,1-2H3. The van der Waals surface area contributed by atoms with Gasteiger partial charge in [-0.15, -0.1) is 0 Å². The molecule has 4 unspecified atom stereocenters. The van der Waals surface area contributed by atoms with Crippen LogP contribution in [0, 0.1) is 17.8 Å². The lowest BCUT2D eigenvalue weighted by Crippen LogP contribution is -2.50. The highest BCUT2D eigenvalue weighted by Crippen LogP contribution is 2.35. The molecule has 2 aliphatic rings. The summed E-state index contributed by atoms with van der Waals surface area (Å²) in [4.78, 5) is 2.79. The number of hydrogen-bond acceptors (Lipinski definition) is 2. The molecule has 0 aromatic heterocycles. The molecule has 2 rings (SSSR count). The van der Waals surface area contributed by atoms with Crippen molar-refractivity contribution in [1.29, 1.82) is 0 Å². The number of hydrogen-bond donors (Lipinski definition) is 1. The van der Waals surface area contributed by atoms with Crippen molar-refractivity contribution in [3.8, 4) is 0 Å². The second-order valence-corrected chi connectivity index (χ2v) is 6.77. The molecule has 4 atom stereocenters. The van der Waals surface area contributed by atoms with Crippen LogP contribution in [0.5, 0.6) is 0 Å². The summed E-state index contributed by atoms with van der Waals surface area (Å²) in [7, 11) is 0. The van der Waals surface area contributed by atoms with Crippen LogP contribution >= 0.6 is 0 Å². The molecule has 1 aliphatic heterocycles. The lowest BCUT2D eigenvalue weighted by atomic mass is 9.75. The van der Waals surface area contributed by atoms with Crippen LogP contribution < -0.4 is 5.73 Å². The second kappa shape index (κ2) is 6.91. The van der Waals surface area contributed by atoms with E-state index < -0.39 is 0 Å². The monoisotopic (exact) mass is 252 g/mol. The van der Waals surface area contributed by atoms with E-state index in [0.29, 0.717) is 0 Å². The molecule has 0 aromatic rings. The molecule has 0 radical (unpaired) electrons. The third-order valence-corrected chi connectivity index (χ3v) is 5.22. The molecule has 1 saturated carbocycles. The van der Waals surface area contributed by atoms with Crippen LogP contribution in [0.1, 0.15) is 58.8 Å². The van der Waals surface area contributed by atoms with Gasteiger partial charge in [0.15, 0.2) is 0 Å². The number of rotatable bonds is 4. The lowest BCUT2D eigenvalue weighted by molar-refractivity contribution is 0.0481. The average Bonchev–Trinajstić information content (AvgIpc) is 2.39. The van der Waals surface area contributed by atoms with Crippen LogP contribution in [0.4, 0.5) is 0 Å². The quantitative estimate of drug-likeness (QED) is 0.832. The maximum absolute atomic E-state index is 6.03. The first kappa shape index (κ1) is 14.3. The predicted molar refractivity (Wildman–Crippen MR) is 78.6 cm³/mol. The fourth-order valence-corrected chi connectivity index (χ4v) is 4.21. The Kier molecular flexibility index (Phi) is 5.50. The molecule has 1 aliphatic carbocycles. The first-order valence-corrected chi connectivity index (χ1v) is 8.18. The van der Waals surface area contributed by atoms with Crippen molar-refractivity contribution >= 4 is 0 Å². The molecule has 2 nitrogen and oxygen atoms in total. The summed E-state index contributed by atoms with van der Waals surface area (Å²) in [6, 6.07) is 0.794. The van der Waals surface area contributed by atoms with Crippen LogP contribution in [-0.2, 0) is 0 Å². The molecule has 0 bridgehead atoms. The van der Waals surface area contributed by atoms with Crippen LogP contribution in [-0.4, -0.2) is 30.6 Å². The summed E-state index contributed by atoms with van der Waals surface area (Å²) in [5.74, 6) is 2.63. The minimum atomic E-state index is 0.767. The van der Waals surface area contributed by atoms with Gasteiger partial charge in [-0.05, 0) is 56.5 Å². The summed E-state index contributed by atoms with van der Waals surface area (Å²) < 4.78 is 0. The maximum Gasteiger partial charge on any atom is 0.0138 e. The molecule has 2 N–H and O–H groups in total. The van der Waals surface area contributed by atoms with Crippen LogP contribution in [0.25, 0.3) is 0 Å². The minimum absolute atomic E-state index is 0.767. The molecular formula is C16H32N2. The van der Waals surface area contributed by atoms with E-state index in [1.807, 2.05) is 0 Å². The van der Waals surface area contributed by atoms with Crippen molar-refractivity contribution in [3.63, 3.8) is 0 Å². The van der Waals surface area contributed by atoms with Gasteiger partial charge in [-0.1, -0.05) is 33.1 Å². The van der Waals surface area contributed by atoms with E-state index in [1.54, 1.807) is 0 Å². The van der Waals surface area contributed by atoms with Crippen molar-refractivity contribution < 1.29 is 0 Å². The van der Waals surface area contributed by atoms with Gasteiger partial charge in [-0.25, -0.2) is 0 Å². The maximum atomic E-state index is 6.03. The Morgan fingerprint density at radius 3 is 2.72 bits per heavy atom. The summed E-state index contributed by atoms with van der Waals surface area (Å²) in [5.41, 5.74) is 6.03. The van der Waals surface area contributed by atoms with E-state index in [1.165, 1.54) is 58.0 Å². The van der Waals surface area contributed by atoms with Crippen molar-refractivity contribution in [3.05, 3.63) is 0 Å². The van der Waals surface area contributed by atoms with Gasteiger partial charge in [0.25, 0.3) is 0 Å². The van der Waals surface area contributed by atoms with Gasteiger partial charge in [0, 0.05) is 12.6 Å². The second-order valence-electron chi connectivity index (χ2n) is 6.77. The van der Waals surface area contributed by atoms with Crippen LogP contribution in [0.3, 0.4) is 0 Å². The summed E-state index contributed by atoms with van der Waals surface area (Å²) in [5, 5.41) is 0. The van der Waals surface area contributed by atoms with Crippen molar-refractivity contribution in [1.82, 2.24) is 4.90 Å². The van der Waals surface area contributed by atoms with E-state index in [-0.39, 0.29) is 0 Å². The van der Waals surface area contributed by atoms with Crippen molar-refractivity contribution in [2.45, 2.75) is 64.8 Å². The lowest BCUT2D eigenvalue weighted by Gasteiger charge is -2.45. The van der Waals surface area contributed by atoms with Gasteiger partial charge in [-0.2, -0.15) is 0 Å². The number of likely N-dealkylation sites (tertiary alicyclic amines) is 1. The van der Waals surface area contributed by atoms with E-state index >= 15 is 0 Å². The van der Waals surface area contributed by atoms with Crippen molar-refractivity contribution in [2.75, 3.05) is 19.6 Å². The summed E-state index contributed by atoms with van der Waals surface area (Å²) >= 11 is 0. The number of piperidine rings is 1. The summed E-state index contributed by atoms with van der Waals surface area (Å²) in [6.07, 6.45) is 9.81. The molecule has 0 spiro atoms. The Labute approximate surface area is 113 Å². The Morgan fingerprint density at radius 2 is 2.06 bits per heavy atom. The Hall–Kier alpha value is -0.0800. The fourth-order valence-electron chi connectivity index (χ4n) is 4.21. The summed E-state index contributed by atoms with van der Waals surface area (Å²) in [6.45, 7) is 8.28. The third-order valence-electron chi connectivity index (χ3n) is 5.22. The first-order valence-electron chi connectivity index (χ1n) is 8.18. The average molecular weight is 252 g/mol. The zero-order valence-electron chi connectivity index (χ0n) is 12.4. The van der Waals surface area contributed by atoms with E-state index in [2.05, 4.69) is 18.7 Å². The highest BCUT2D eigenvalue weighted by atomic mass is 15.2. The van der Waals surface area contributed by atoms with Crippen molar-refractivity contribution in [2.24, 2.45) is 23.5 Å². The highest BCUT2D eigenvalue weighted by molar-refractivity contribution is 4.89. The molecule has 1 saturated heterocycles. The number of nitrogens with zero attached hydrogens (tertiary/aromatic N) is 1. The van der Waals surface area contributed by atoms with E-state index in [0.717, 1.165) is 30.3 Å². The van der Waals surface area contributed by atoms with Gasteiger partial charge in [0.2, 0.25) is 0 Å². The molecule has 2 fully saturated rings. The molecule has 106 valence electrons. The molecule has 0 amide bonds. The van der Waals surface area contributed by atoms with Crippen LogP contribution in [0.2, 0.25) is 0 Å².